The molecule has 0 unspecified atom stereocenters. The number of hydrogen-bond donors (Lipinski definition) is 2. The zero-order valence-corrected chi connectivity index (χ0v) is 13.7. The minimum atomic E-state index is -0.933. The van der Waals surface area contributed by atoms with Crippen molar-refractivity contribution in [3.05, 3.63) is 70.2 Å². The molecule has 4 aromatic carbocycles. The van der Waals surface area contributed by atoms with E-state index in [4.69, 9.17) is 0 Å². The van der Waals surface area contributed by atoms with Gasteiger partial charge in [0.2, 0.25) is 0 Å². The van der Waals surface area contributed by atoms with Crippen LogP contribution in [-0.2, 0) is 0 Å². The summed E-state index contributed by atoms with van der Waals surface area (Å²) in [5, 5.41) is 27.9. The van der Waals surface area contributed by atoms with Gasteiger partial charge in [0.25, 0.3) is 0 Å². The van der Waals surface area contributed by atoms with Crippen LogP contribution in [0.1, 0.15) is 23.3 Å². The van der Waals surface area contributed by atoms with Gasteiger partial charge in [-0.05, 0) is 53.8 Å². The molecule has 23 heavy (non-hydrogen) atoms. The SMILES string of the molecule is O[C@@H]1c2cccc3ccc4c5ccccc5c(Br)c(c4c23)[C@H]1O. The number of rotatable bonds is 0. The molecule has 5 rings (SSSR count). The molecule has 2 nitrogen and oxygen atoms in total. The van der Waals surface area contributed by atoms with E-state index >= 15 is 0 Å². The minimum Gasteiger partial charge on any atom is -0.385 e. The molecule has 0 aliphatic heterocycles. The second kappa shape index (κ2) is 4.54. The Labute approximate surface area is 141 Å². The molecular weight excluding hydrogens is 352 g/mol. The molecule has 0 saturated heterocycles. The van der Waals surface area contributed by atoms with E-state index in [2.05, 4.69) is 40.2 Å². The highest BCUT2D eigenvalue weighted by atomic mass is 79.9. The molecule has 0 heterocycles. The smallest absolute Gasteiger partial charge is 0.111 e. The third-order valence-electron chi connectivity index (χ3n) is 4.95. The highest BCUT2D eigenvalue weighted by Crippen LogP contribution is 2.50. The average Bonchev–Trinajstić information content (AvgIpc) is 2.59. The van der Waals surface area contributed by atoms with Gasteiger partial charge in [-0.2, -0.15) is 0 Å². The van der Waals surface area contributed by atoms with Crippen molar-refractivity contribution in [2.24, 2.45) is 0 Å². The zero-order valence-electron chi connectivity index (χ0n) is 12.1. The first-order valence-electron chi connectivity index (χ1n) is 7.60. The second-order valence-corrected chi connectivity index (χ2v) is 6.89. The van der Waals surface area contributed by atoms with Crippen molar-refractivity contribution in [2.45, 2.75) is 12.2 Å². The molecule has 0 radical (unpaired) electrons. The van der Waals surface area contributed by atoms with Gasteiger partial charge in [0.15, 0.2) is 0 Å². The van der Waals surface area contributed by atoms with E-state index in [1.54, 1.807) is 0 Å². The van der Waals surface area contributed by atoms with Gasteiger partial charge in [0, 0.05) is 10.0 Å². The summed E-state index contributed by atoms with van der Waals surface area (Å²) in [5.41, 5.74) is 1.59. The summed E-state index contributed by atoms with van der Waals surface area (Å²) >= 11 is 3.67. The van der Waals surface area contributed by atoms with Gasteiger partial charge in [-0.3, -0.25) is 0 Å². The maximum atomic E-state index is 10.8. The van der Waals surface area contributed by atoms with Crippen LogP contribution in [0.4, 0.5) is 0 Å². The Morgan fingerprint density at radius 1 is 0.696 bits per heavy atom. The van der Waals surface area contributed by atoms with Crippen LogP contribution in [0.2, 0.25) is 0 Å². The summed E-state index contributed by atoms with van der Waals surface area (Å²) in [5.74, 6) is 0. The number of benzene rings is 4. The van der Waals surface area contributed by atoms with Crippen molar-refractivity contribution in [3.63, 3.8) is 0 Å². The Morgan fingerprint density at radius 2 is 1.48 bits per heavy atom. The van der Waals surface area contributed by atoms with Crippen molar-refractivity contribution in [1.82, 2.24) is 0 Å². The number of fused-ring (bicyclic) bond motifs is 2. The van der Waals surface area contributed by atoms with Crippen molar-refractivity contribution in [2.75, 3.05) is 0 Å². The first-order chi connectivity index (χ1) is 11.2. The van der Waals surface area contributed by atoms with E-state index in [9.17, 15) is 10.2 Å². The van der Waals surface area contributed by atoms with Crippen molar-refractivity contribution >= 4 is 48.2 Å². The Balaban J connectivity index is 2.19. The van der Waals surface area contributed by atoms with E-state index in [1.807, 2.05) is 30.3 Å². The fraction of sp³-hybridized carbons (Fsp3) is 0.100. The third-order valence-corrected chi connectivity index (χ3v) is 5.81. The van der Waals surface area contributed by atoms with E-state index < -0.39 is 12.2 Å². The fourth-order valence-corrected chi connectivity index (χ4v) is 4.71. The predicted molar refractivity (Wildman–Crippen MR) is 96.6 cm³/mol. The molecule has 0 aromatic heterocycles. The normalized spacial score (nSPS) is 20.0. The standard InChI is InChI=1S/C20H13BrO2/c21-18-13-6-2-1-5-11(13)12-9-8-10-4-3-7-14-15(10)16(12)17(18)20(23)19(14)22/h1-9,19-20,22-23H/t19-,20-/m1/s1. The molecule has 1 aliphatic rings. The topological polar surface area (TPSA) is 40.5 Å². The van der Waals surface area contributed by atoms with Crippen LogP contribution in [0.15, 0.2) is 59.1 Å². The van der Waals surface area contributed by atoms with Crippen LogP contribution in [0.3, 0.4) is 0 Å². The molecule has 0 amide bonds. The van der Waals surface area contributed by atoms with Crippen LogP contribution in [0, 0.1) is 0 Å². The van der Waals surface area contributed by atoms with Gasteiger partial charge in [0.1, 0.15) is 12.2 Å². The highest BCUT2D eigenvalue weighted by Gasteiger charge is 2.32. The molecule has 0 fully saturated rings. The first kappa shape index (κ1) is 13.5. The van der Waals surface area contributed by atoms with Crippen LogP contribution in [-0.4, -0.2) is 10.2 Å². The van der Waals surface area contributed by atoms with Gasteiger partial charge in [-0.15, -0.1) is 0 Å². The maximum absolute atomic E-state index is 10.8. The molecular formula is C20H13BrO2. The molecule has 2 N–H and O–H groups in total. The Hall–Kier alpha value is -1.94. The summed E-state index contributed by atoms with van der Waals surface area (Å²) < 4.78 is 0.870. The number of aliphatic hydroxyl groups excluding tert-OH is 2. The van der Waals surface area contributed by atoms with E-state index in [-0.39, 0.29) is 0 Å². The molecule has 0 spiro atoms. The zero-order chi connectivity index (χ0) is 15.7. The second-order valence-electron chi connectivity index (χ2n) is 6.10. The summed E-state index contributed by atoms with van der Waals surface area (Å²) in [6, 6.07) is 18.3. The van der Waals surface area contributed by atoms with Gasteiger partial charge in [0.05, 0.1) is 0 Å². The van der Waals surface area contributed by atoms with Crippen molar-refractivity contribution in [3.8, 4) is 0 Å². The summed E-state index contributed by atoms with van der Waals surface area (Å²) in [4.78, 5) is 0. The van der Waals surface area contributed by atoms with Crippen LogP contribution >= 0.6 is 15.9 Å². The lowest BCUT2D eigenvalue weighted by molar-refractivity contribution is 0.0175. The van der Waals surface area contributed by atoms with Crippen molar-refractivity contribution < 1.29 is 10.2 Å². The average molecular weight is 365 g/mol. The lowest BCUT2D eigenvalue weighted by Crippen LogP contribution is -2.16. The number of aliphatic hydroxyl groups is 2. The van der Waals surface area contributed by atoms with Crippen molar-refractivity contribution in [1.29, 1.82) is 0 Å². The molecule has 0 saturated carbocycles. The molecule has 112 valence electrons. The van der Waals surface area contributed by atoms with Gasteiger partial charge in [-0.1, -0.05) is 54.6 Å². The number of hydrogen-bond acceptors (Lipinski definition) is 2. The molecule has 3 heteroatoms. The predicted octanol–water partition coefficient (Wildman–Crippen LogP) is 4.99. The Kier molecular flexibility index (Phi) is 2.66. The van der Waals surface area contributed by atoms with E-state index in [0.29, 0.717) is 0 Å². The third kappa shape index (κ3) is 1.59. The van der Waals surface area contributed by atoms with Crippen LogP contribution < -0.4 is 0 Å². The van der Waals surface area contributed by atoms with E-state index in [0.717, 1.165) is 47.9 Å². The summed E-state index contributed by atoms with van der Waals surface area (Å²) in [6.45, 7) is 0. The molecule has 4 aromatic rings. The Bertz CT molecular complexity index is 1120. The van der Waals surface area contributed by atoms with Crippen LogP contribution in [0.25, 0.3) is 32.3 Å². The quantitative estimate of drug-likeness (QED) is 0.431. The van der Waals surface area contributed by atoms with E-state index in [1.165, 1.54) is 0 Å². The van der Waals surface area contributed by atoms with Gasteiger partial charge >= 0.3 is 0 Å². The summed E-state index contributed by atoms with van der Waals surface area (Å²) in [6.07, 6.45) is -1.84. The largest absolute Gasteiger partial charge is 0.385 e. The van der Waals surface area contributed by atoms with Gasteiger partial charge in [-0.25, -0.2) is 0 Å². The highest BCUT2D eigenvalue weighted by molar-refractivity contribution is 9.10. The monoisotopic (exact) mass is 364 g/mol. The Morgan fingerprint density at radius 3 is 2.30 bits per heavy atom. The van der Waals surface area contributed by atoms with Crippen LogP contribution in [0.5, 0.6) is 0 Å². The minimum absolute atomic E-state index is 0.788. The molecule has 1 aliphatic carbocycles. The lowest BCUT2D eigenvalue weighted by Gasteiger charge is -2.29. The fourth-order valence-electron chi connectivity index (χ4n) is 3.93. The van der Waals surface area contributed by atoms with Gasteiger partial charge < -0.3 is 10.2 Å². The lowest BCUT2D eigenvalue weighted by atomic mass is 9.81. The first-order valence-corrected chi connectivity index (χ1v) is 8.39. The molecule has 2 atom stereocenters. The number of halogens is 1. The maximum Gasteiger partial charge on any atom is 0.111 e. The molecule has 0 bridgehead atoms. The summed E-state index contributed by atoms with van der Waals surface area (Å²) in [7, 11) is 0.